The Kier molecular flexibility index (Phi) is 4.27. The molecule has 3 N–H and O–H groups in total. The maximum atomic E-state index is 11.7. The van der Waals surface area contributed by atoms with Crippen LogP contribution in [0, 0.1) is 5.92 Å². The fourth-order valence-electron chi connectivity index (χ4n) is 2.26. The van der Waals surface area contributed by atoms with Crippen LogP contribution in [0.3, 0.4) is 0 Å². The van der Waals surface area contributed by atoms with Crippen molar-refractivity contribution >= 4 is 17.7 Å². The molecule has 0 bridgehead atoms. The lowest BCUT2D eigenvalue weighted by Gasteiger charge is -2.27. The average Bonchev–Trinajstić information content (AvgIpc) is 2.40. The van der Waals surface area contributed by atoms with E-state index in [9.17, 15) is 9.59 Å². The molecule has 2 amide bonds. The summed E-state index contributed by atoms with van der Waals surface area (Å²) in [7, 11) is 0. The van der Waals surface area contributed by atoms with Gasteiger partial charge in [0.25, 0.3) is 0 Å². The molecule has 7 nitrogen and oxygen atoms in total. The predicted octanol–water partition coefficient (Wildman–Crippen LogP) is 1.24. The first-order valence-corrected chi connectivity index (χ1v) is 6.20. The number of carboxylic acid groups (broad SMARTS) is 1. The standard InChI is InChI=1S/C12H16N4O3/c17-11(18)8-2-1-3-9(4-8)15-12(19)16-10-5-13-7-14-6-10/h5-9H,1-4H2,(H,17,18)(H2,15,16,19). The second-order valence-electron chi connectivity index (χ2n) is 4.62. The summed E-state index contributed by atoms with van der Waals surface area (Å²) < 4.78 is 0. The van der Waals surface area contributed by atoms with Crippen LogP contribution in [-0.2, 0) is 4.79 Å². The van der Waals surface area contributed by atoms with Crippen molar-refractivity contribution in [3.63, 3.8) is 0 Å². The van der Waals surface area contributed by atoms with Crippen LogP contribution in [0.25, 0.3) is 0 Å². The lowest BCUT2D eigenvalue weighted by Crippen LogP contribution is -2.42. The van der Waals surface area contributed by atoms with Crippen LogP contribution in [0.1, 0.15) is 25.7 Å². The maximum absolute atomic E-state index is 11.7. The maximum Gasteiger partial charge on any atom is 0.319 e. The molecule has 7 heteroatoms. The topological polar surface area (TPSA) is 104 Å². The number of aliphatic carboxylic acids is 1. The van der Waals surface area contributed by atoms with E-state index in [0.717, 1.165) is 12.8 Å². The van der Waals surface area contributed by atoms with Crippen molar-refractivity contribution in [2.75, 3.05) is 5.32 Å². The van der Waals surface area contributed by atoms with Crippen LogP contribution in [0.5, 0.6) is 0 Å². The molecule has 0 aromatic carbocycles. The average molecular weight is 264 g/mol. The molecule has 2 atom stereocenters. The van der Waals surface area contributed by atoms with Gasteiger partial charge in [0.15, 0.2) is 0 Å². The van der Waals surface area contributed by atoms with Gasteiger partial charge in [-0.25, -0.2) is 14.8 Å². The zero-order valence-corrected chi connectivity index (χ0v) is 10.4. The smallest absolute Gasteiger partial charge is 0.319 e. The van der Waals surface area contributed by atoms with Crippen molar-refractivity contribution in [3.05, 3.63) is 18.7 Å². The second-order valence-corrected chi connectivity index (χ2v) is 4.62. The third-order valence-electron chi connectivity index (χ3n) is 3.18. The zero-order chi connectivity index (χ0) is 13.7. The Balaban J connectivity index is 1.83. The minimum atomic E-state index is -0.789. The normalized spacial score (nSPS) is 22.5. The number of rotatable bonds is 3. The van der Waals surface area contributed by atoms with Crippen LogP contribution >= 0.6 is 0 Å². The van der Waals surface area contributed by atoms with E-state index >= 15 is 0 Å². The van der Waals surface area contributed by atoms with E-state index in [4.69, 9.17) is 5.11 Å². The van der Waals surface area contributed by atoms with Crippen molar-refractivity contribution in [1.82, 2.24) is 15.3 Å². The van der Waals surface area contributed by atoms with E-state index in [1.807, 2.05) is 0 Å². The van der Waals surface area contributed by atoms with E-state index < -0.39 is 5.97 Å². The lowest BCUT2D eigenvalue weighted by molar-refractivity contribution is -0.143. The Morgan fingerprint density at radius 2 is 2.00 bits per heavy atom. The number of nitrogens with one attached hydrogen (secondary N) is 2. The highest BCUT2D eigenvalue weighted by molar-refractivity contribution is 5.89. The van der Waals surface area contributed by atoms with Crippen LogP contribution in [-0.4, -0.2) is 33.1 Å². The Hall–Kier alpha value is -2.18. The molecular formula is C12H16N4O3. The molecule has 1 heterocycles. The van der Waals surface area contributed by atoms with Gasteiger partial charge in [-0.1, -0.05) is 6.42 Å². The second kappa shape index (κ2) is 6.12. The highest BCUT2D eigenvalue weighted by atomic mass is 16.4. The number of amides is 2. The van der Waals surface area contributed by atoms with Crippen molar-refractivity contribution in [3.8, 4) is 0 Å². The molecule has 1 fully saturated rings. The number of carboxylic acids is 1. The van der Waals surface area contributed by atoms with Crippen molar-refractivity contribution in [2.45, 2.75) is 31.7 Å². The lowest BCUT2D eigenvalue weighted by atomic mass is 9.86. The van der Waals surface area contributed by atoms with E-state index in [1.54, 1.807) is 0 Å². The highest BCUT2D eigenvalue weighted by Gasteiger charge is 2.27. The van der Waals surface area contributed by atoms with Crippen LogP contribution in [0.2, 0.25) is 0 Å². The minimum absolute atomic E-state index is 0.0977. The summed E-state index contributed by atoms with van der Waals surface area (Å²) in [5.41, 5.74) is 0.505. The molecule has 102 valence electrons. The molecule has 0 aliphatic heterocycles. The summed E-state index contributed by atoms with van der Waals surface area (Å²) in [4.78, 5) is 30.2. The van der Waals surface area contributed by atoms with Gasteiger partial charge in [-0.15, -0.1) is 0 Å². The fourth-order valence-corrected chi connectivity index (χ4v) is 2.26. The first-order chi connectivity index (χ1) is 9.15. The van der Waals surface area contributed by atoms with Gasteiger partial charge in [0.05, 0.1) is 24.0 Å². The van der Waals surface area contributed by atoms with Crippen molar-refractivity contribution < 1.29 is 14.7 Å². The minimum Gasteiger partial charge on any atom is -0.481 e. The molecule has 0 spiro atoms. The molecule has 19 heavy (non-hydrogen) atoms. The molecule has 2 unspecified atom stereocenters. The molecule has 1 aromatic rings. The molecule has 1 aliphatic rings. The zero-order valence-electron chi connectivity index (χ0n) is 10.4. The van der Waals surface area contributed by atoms with Gasteiger partial charge in [-0.3, -0.25) is 4.79 Å². The van der Waals surface area contributed by atoms with Gasteiger partial charge in [0.2, 0.25) is 0 Å². The number of hydrogen-bond donors (Lipinski definition) is 3. The fraction of sp³-hybridized carbons (Fsp3) is 0.500. The van der Waals surface area contributed by atoms with Crippen LogP contribution < -0.4 is 10.6 Å². The SMILES string of the molecule is O=C(Nc1cncnc1)NC1CCCC(C(=O)O)C1. The highest BCUT2D eigenvalue weighted by Crippen LogP contribution is 2.24. The molecule has 0 radical (unpaired) electrons. The Morgan fingerprint density at radius 3 is 2.68 bits per heavy atom. The summed E-state index contributed by atoms with van der Waals surface area (Å²) in [6.07, 6.45) is 7.15. The van der Waals surface area contributed by atoms with Gasteiger partial charge < -0.3 is 15.7 Å². The third-order valence-corrected chi connectivity index (χ3v) is 3.18. The molecule has 2 rings (SSSR count). The van der Waals surface area contributed by atoms with E-state index in [0.29, 0.717) is 18.5 Å². The number of nitrogens with zero attached hydrogens (tertiary/aromatic N) is 2. The molecule has 1 aliphatic carbocycles. The summed E-state index contributed by atoms with van der Waals surface area (Å²) in [6.45, 7) is 0. The van der Waals surface area contributed by atoms with Gasteiger partial charge >= 0.3 is 12.0 Å². The summed E-state index contributed by atoms with van der Waals surface area (Å²) in [5, 5.41) is 14.4. The predicted molar refractivity (Wildman–Crippen MR) is 67.6 cm³/mol. The van der Waals surface area contributed by atoms with E-state index in [1.165, 1.54) is 18.7 Å². The van der Waals surface area contributed by atoms with Gasteiger partial charge in [0, 0.05) is 6.04 Å². The Morgan fingerprint density at radius 1 is 1.26 bits per heavy atom. The van der Waals surface area contributed by atoms with Gasteiger partial charge in [-0.05, 0) is 19.3 Å². The van der Waals surface area contributed by atoms with E-state index in [2.05, 4.69) is 20.6 Å². The third kappa shape index (κ3) is 3.90. The number of carbonyl (C=O) groups is 2. The Labute approximate surface area is 110 Å². The first-order valence-electron chi connectivity index (χ1n) is 6.20. The van der Waals surface area contributed by atoms with Crippen LogP contribution in [0.15, 0.2) is 18.7 Å². The number of anilines is 1. The molecular weight excluding hydrogens is 248 g/mol. The number of hydrogen-bond acceptors (Lipinski definition) is 4. The van der Waals surface area contributed by atoms with E-state index in [-0.39, 0.29) is 18.0 Å². The molecule has 1 aromatic heterocycles. The van der Waals surface area contributed by atoms with Gasteiger partial charge in [0.1, 0.15) is 6.33 Å². The van der Waals surface area contributed by atoms with Gasteiger partial charge in [-0.2, -0.15) is 0 Å². The Bertz CT molecular complexity index is 452. The summed E-state index contributed by atoms with van der Waals surface area (Å²) in [5.74, 6) is -1.15. The van der Waals surface area contributed by atoms with Crippen molar-refractivity contribution in [1.29, 1.82) is 0 Å². The molecule has 0 saturated heterocycles. The quantitative estimate of drug-likeness (QED) is 0.762. The number of urea groups is 1. The molecule has 1 saturated carbocycles. The largest absolute Gasteiger partial charge is 0.481 e. The first kappa shape index (κ1) is 13.3. The van der Waals surface area contributed by atoms with Crippen LogP contribution in [0.4, 0.5) is 10.5 Å². The van der Waals surface area contributed by atoms with Crippen molar-refractivity contribution in [2.24, 2.45) is 5.92 Å². The summed E-state index contributed by atoms with van der Waals surface area (Å²) in [6, 6.07) is -0.453. The number of carbonyl (C=O) groups excluding carboxylic acids is 1. The number of aromatic nitrogens is 2. The summed E-state index contributed by atoms with van der Waals surface area (Å²) >= 11 is 0. The monoisotopic (exact) mass is 264 g/mol.